The van der Waals surface area contributed by atoms with Crippen LogP contribution in [0, 0.1) is 0 Å². The van der Waals surface area contributed by atoms with Crippen LogP contribution in [0.25, 0.3) is 0 Å². The largest absolute Gasteiger partial charge is 0.351 e. The second kappa shape index (κ2) is 9.43. The number of hydrogen-bond acceptors (Lipinski definition) is 2. The van der Waals surface area contributed by atoms with Crippen molar-refractivity contribution in [2.24, 2.45) is 0 Å². The van der Waals surface area contributed by atoms with Crippen molar-refractivity contribution in [3.05, 3.63) is 34.9 Å². The number of benzene rings is 1. The molecule has 1 aromatic rings. The molecule has 1 atom stereocenters. The van der Waals surface area contributed by atoms with Crippen molar-refractivity contribution >= 4 is 23.4 Å². The fourth-order valence-corrected chi connectivity index (χ4v) is 2.36. The highest BCUT2D eigenvalue weighted by atomic mass is 35.5. The van der Waals surface area contributed by atoms with Crippen molar-refractivity contribution in [3.8, 4) is 0 Å². The molecule has 1 aromatic carbocycles. The minimum Gasteiger partial charge on any atom is -0.351 e. The molecule has 0 spiro atoms. The number of carbonyl (C=O) groups excluding carboxylic acids is 2. The van der Waals surface area contributed by atoms with Crippen molar-refractivity contribution in [1.29, 1.82) is 0 Å². The van der Waals surface area contributed by atoms with Crippen LogP contribution in [-0.2, 0) is 16.1 Å². The number of nitrogens with zero attached hydrogens (tertiary/aromatic N) is 1. The quantitative estimate of drug-likeness (QED) is 0.724. The Morgan fingerprint density at radius 2 is 2.00 bits per heavy atom. The van der Waals surface area contributed by atoms with E-state index in [1.54, 1.807) is 11.9 Å². The van der Waals surface area contributed by atoms with E-state index in [0.717, 1.165) is 17.0 Å². The van der Waals surface area contributed by atoms with Gasteiger partial charge in [-0.25, -0.2) is 0 Å². The predicted octanol–water partition coefficient (Wildman–Crippen LogP) is 0.339. The maximum atomic E-state index is 12.3. The van der Waals surface area contributed by atoms with E-state index in [2.05, 4.69) is 5.32 Å². The number of carbonyl (C=O) groups is 2. The second-order valence-corrected chi connectivity index (χ2v) is 5.73. The number of amides is 2. The summed E-state index contributed by atoms with van der Waals surface area (Å²) in [7, 11) is 1.77. The van der Waals surface area contributed by atoms with Gasteiger partial charge >= 0.3 is 0 Å². The van der Waals surface area contributed by atoms with Gasteiger partial charge in [-0.2, -0.15) is 0 Å². The number of rotatable bonds is 8. The van der Waals surface area contributed by atoms with Crippen LogP contribution in [0.3, 0.4) is 0 Å². The summed E-state index contributed by atoms with van der Waals surface area (Å²) in [4.78, 5) is 26.5. The molecule has 0 saturated heterocycles. The maximum absolute atomic E-state index is 12.3. The second-order valence-electron chi connectivity index (χ2n) is 5.29. The van der Waals surface area contributed by atoms with Gasteiger partial charge in [0.2, 0.25) is 0 Å². The van der Waals surface area contributed by atoms with Gasteiger partial charge in [0.05, 0.1) is 6.54 Å². The first-order chi connectivity index (χ1) is 10.5. The Bertz CT molecular complexity index is 508. The van der Waals surface area contributed by atoms with E-state index in [-0.39, 0.29) is 11.8 Å². The molecule has 2 amide bonds. The number of likely N-dealkylation sites (N-methyl/N-ethyl adjacent to an activating group) is 3. The summed E-state index contributed by atoms with van der Waals surface area (Å²) in [6.45, 7) is 6.34. The van der Waals surface area contributed by atoms with Gasteiger partial charge in [0.25, 0.3) is 11.8 Å². The van der Waals surface area contributed by atoms with Gasteiger partial charge in [-0.3, -0.25) is 9.59 Å². The molecular weight excluding hydrogens is 302 g/mol. The zero-order chi connectivity index (χ0) is 16.5. The number of hydrogen-bond donors (Lipinski definition) is 2. The van der Waals surface area contributed by atoms with Crippen LogP contribution < -0.4 is 10.2 Å². The van der Waals surface area contributed by atoms with Crippen LogP contribution in [0.1, 0.15) is 19.4 Å². The smallest absolute Gasteiger partial charge is 0.277 e. The van der Waals surface area contributed by atoms with Crippen molar-refractivity contribution < 1.29 is 14.5 Å². The van der Waals surface area contributed by atoms with Gasteiger partial charge in [0.15, 0.2) is 13.1 Å². The molecule has 2 N–H and O–H groups in total. The summed E-state index contributed by atoms with van der Waals surface area (Å²) in [6.07, 6.45) is 0. The van der Waals surface area contributed by atoms with Crippen LogP contribution in [0.4, 0.5) is 0 Å². The Labute approximate surface area is 137 Å². The molecule has 1 unspecified atom stereocenters. The molecule has 5 nitrogen and oxygen atoms in total. The highest BCUT2D eigenvalue weighted by molar-refractivity contribution is 6.30. The molecule has 0 fully saturated rings. The molecule has 22 heavy (non-hydrogen) atoms. The molecular formula is C16H25ClN3O2+. The molecule has 0 saturated carbocycles. The molecule has 0 heterocycles. The first-order valence-electron chi connectivity index (χ1n) is 7.54. The van der Waals surface area contributed by atoms with Crippen LogP contribution in [0.15, 0.2) is 24.3 Å². The summed E-state index contributed by atoms with van der Waals surface area (Å²) in [5.41, 5.74) is 0.991. The van der Waals surface area contributed by atoms with Crippen molar-refractivity contribution in [2.75, 3.05) is 33.2 Å². The summed E-state index contributed by atoms with van der Waals surface area (Å²) < 4.78 is 0. The lowest BCUT2D eigenvalue weighted by molar-refractivity contribution is -0.882. The molecule has 0 radical (unpaired) electrons. The van der Waals surface area contributed by atoms with Gasteiger partial charge < -0.3 is 15.1 Å². The Hall–Kier alpha value is -1.59. The van der Waals surface area contributed by atoms with Gasteiger partial charge in [-0.1, -0.05) is 23.7 Å². The van der Waals surface area contributed by atoms with E-state index in [9.17, 15) is 9.59 Å². The van der Waals surface area contributed by atoms with Crippen molar-refractivity contribution in [1.82, 2.24) is 10.2 Å². The van der Waals surface area contributed by atoms with E-state index in [0.29, 0.717) is 31.2 Å². The SMILES string of the molecule is CCNC(=O)C[NH+](CC)CC(=O)N(C)Cc1cccc(Cl)c1. The zero-order valence-electron chi connectivity index (χ0n) is 13.5. The molecule has 122 valence electrons. The monoisotopic (exact) mass is 326 g/mol. The Kier molecular flexibility index (Phi) is 7.91. The Balaban J connectivity index is 2.53. The lowest BCUT2D eigenvalue weighted by Crippen LogP contribution is -3.14. The minimum atomic E-state index is -0.0235. The van der Waals surface area contributed by atoms with Crippen molar-refractivity contribution in [3.63, 3.8) is 0 Å². The number of halogens is 1. The van der Waals surface area contributed by atoms with Crippen LogP contribution in [0.2, 0.25) is 5.02 Å². The van der Waals surface area contributed by atoms with E-state index >= 15 is 0 Å². The van der Waals surface area contributed by atoms with Crippen LogP contribution in [-0.4, -0.2) is 49.9 Å². The molecule has 0 aromatic heterocycles. The minimum absolute atomic E-state index is 0.0149. The Morgan fingerprint density at radius 3 is 2.59 bits per heavy atom. The molecule has 0 aliphatic heterocycles. The first-order valence-corrected chi connectivity index (χ1v) is 7.92. The van der Waals surface area contributed by atoms with Gasteiger partial charge in [0, 0.05) is 25.2 Å². The normalized spacial score (nSPS) is 11.8. The Morgan fingerprint density at radius 1 is 1.27 bits per heavy atom. The third kappa shape index (κ3) is 6.45. The summed E-state index contributed by atoms with van der Waals surface area (Å²) in [6, 6.07) is 7.47. The molecule has 1 rings (SSSR count). The fourth-order valence-electron chi connectivity index (χ4n) is 2.15. The number of nitrogens with one attached hydrogen (secondary N) is 2. The zero-order valence-corrected chi connectivity index (χ0v) is 14.2. The average molecular weight is 327 g/mol. The topological polar surface area (TPSA) is 53.9 Å². The predicted molar refractivity (Wildman–Crippen MR) is 87.8 cm³/mol. The first kappa shape index (κ1) is 18.5. The number of quaternary nitrogens is 1. The molecule has 0 bridgehead atoms. The van der Waals surface area contributed by atoms with Crippen molar-refractivity contribution in [2.45, 2.75) is 20.4 Å². The van der Waals surface area contributed by atoms with Crippen LogP contribution >= 0.6 is 11.6 Å². The molecule has 0 aliphatic rings. The highest BCUT2D eigenvalue weighted by Crippen LogP contribution is 2.11. The van der Waals surface area contributed by atoms with Crippen LogP contribution in [0.5, 0.6) is 0 Å². The van der Waals surface area contributed by atoms with E-state index in [1.165, 1.54) is 0 Å². The van der Waals surface area contributed by atoms with Gasteiger partial charge in [0.1, 0.15) is 0 Å². The fraction of sp³-hybridized carbons (Fsp3) is 0.500. The van der Waals surface area contributed by atoms with Gasteiger partial charge in [-0.15, -0.1) is 0 Å². The van der Waals surface area contributed by atoms with E-state index in [4.69, 9.17) is 11.6 Å². The average Bonchev–Trinajstić information content (AvgIpc) is 2.46. The van der Waals surface area contributed by atoms with Gasteiger partial charge in [-0.05, 0) is 31.5 Å². The van der Waals surface area contributed by atoms with E-state index < -0.39 is 0 Å². The molecule has 6 heteroatoms. The molecule has 0 aliphatic carbocycles. The third-order valence-corrected chi connectivity index (χ3v) is 3.66. The lowest BCUT2D eigenvalue weighted by Gasteiger charge is -2.21. The summed E-state index contributed by atoms with van der Waals surface area (Å²) >= 11 is 5.95. The third-order valence-electron chi connectivity index (χ3n) is 3.42. The standard InChI is InChI=1S/C16H24ClN3O2/c1-4-18-15(21)11-20(5-2)12-16(22)19(3)10-13-7-6-8-14(17)9-13/h6-9H,4-5,10-12H2,1-3H3,(H,18,21)/p+1. The van der Waals surface area contributed by atoms with E-state index in [1.807, 2.05) is 38.1 Å². The lowest BCUT2D eigenvalue weighted by atomic mass is 10.2. The highest BCUT2D eigenvalue weighted by Gasteiger charge is 2.19. The summed E-state index contributed by atoms with van der Waals surface area (Å²) in [5.74, 6) is -0.00855. The maximum Gasteiger partial charge on any atom is 0.277 e. The summed E-state index contributed by atoms with van der Waals surface area (Å²) in [5, 5.41) is 3.42.